The van der Waals surface area contributed by atoms with Crippen LogP contribution in [-0.2, 0) is 0 Å². The lowest BCUT2D eigenvalue weighted by molar-refractivity contribution is 0.0951. The zero-order valence-electron chi connectivity index (χ0n) is 10.7. The average Bonchev–Trinajstić information content (AvgIpc) is 2.37. The fraction of sp³-hybridized carbons (Fsp3) is 0.500. The van der Waals surface area contributed by atoms with Crippen molar-refractivity contribution in [1.29, 1.82) is 0 Å². The molecule has 0 aromatic heterocycles. The Morgan fingerprint density at radius 2 is 2.06 bits per heavy atom. The molecule has 1 unspecified atom stereocenters. The monoisotopic (exact) mass is 331 g/mol. The number of alkyl halides is 1. The van der Waals surface area contributed by atoms with Gasteiger partial charge in [0.25, 0.3) is 5.91 Å². The van der Waals surface area contributed by atoms with Crippen molar-refractivity contribution in [2.45, 2.75) is 32.1 Å². The first-order valence-corrected chi connectivity index (χ1v) is 7.49. The van der Waals surface area contributed by atoms with E-state index in [1.165, 1.54) is 0 Å². The van der Waals surface area contributed by atoms with Crippen molar-refractivity contribution in [3.05, 3.63) is 34.3 Å². The summed E-state index contributed by atoms with van der Waals surface area (Å²) in [5, 5.41) is 2.88. The van der Waals surface area contributed by atoms with Gasteiger partial charge < -0.3 is 5.32 Å². The van der Waals surface area contributed by atoms with Gasteiger partial charge in [0, 0.05) is 16.6 Å². The number of halogens is 2. The van der Waals surface area contributed by atoms with Crippen molar-refractivity contribution in [3.8, 4) is 0 Å². The second-order valence-electron chi connectivity index (χ2n) is 4.31. The number of amides is 1. The Hall–Kier alpha value is -0.540. The highest BCUT2D eigenvalue weighted by Gasteiger charge is 2.16. The third-order valence-corrected chi connectivity index (χ3v) is 4.11. The predicted octanol–water partition coefficient (Wildman–Crippen LogP) is 4.22. The highest BCUT2D eigenvalue weighted by molar-refractivity contribution is 9.10. The van der Waals surface area contributed by atoms with Gasteiger partial charge in [-0.1, -0.05) is 48.7 Å². The molecule has 0 aliphatic heterocycles. The van der Waals surface area contributed by atoms with E-state index in [1.807, 2.05) is 12.1 Å². The molecule has 4 heteroatoms. The molecule has 0 aliphatic rings. The van der Waals surface area contributed by atoms with Crippen LogP contribution >= 0.6 is 27.5 Å². The minimum atomic E-state index is -0.0760. The van der Waals surface area contributed by atoms with Crippen LogP contribution in [0.15, 0.2) is 28.7 Å². The lowest BCUT2D eigenvalue weighted by Crippen LogP contribution is -2.33. The van der Waals surface area contributed by atoms with Gasteiger partial charge in [0.15, 0.2) is 0 Å². The SMILES string of the molecule is CCC(CC)C(Cl)CNC(=O)c1cccc(Br)c1. The summed E-state index contributed by atoms with van der Waals surface area (Å²) in [7, 11) is 0. The van der Waals surface area contributed by atoms with E-state index in [-0.39, 0.29) is 11.3 Å². The fourth-order valence-electron chi connectivity index (χ4n) is 1.89. The van der Waals surface area contributed by atoms with Gasteiger partial charge in [-0.05, 0) is 24.1 Å². The Kier molecular flexibility index (Phi) is 6.72. The lowest BCUT2D eigenvalue weighted by Gasteiger charge is -2.19. The summed E-state index contributed by atoms with van der Waals surface area (Å²) in [6.07, 6.45) is 2.08. The zero-order valence-corrected chi connectivity index (χ0v) is 13.1. The van der Waals surface area contributed by atoms with Gasteiger partial charge in [0.1, 0.15) is 0 Å². The predicted molar refractivity (Wildman–Crippen MR) is 80.2 cm³/mol. The largest absolute Gasteiger partial charge is 0.351 e. The van der Waals surface area contributed by atoms with Crippen LogP contribution in [0.4, 0.5) is 0 Å². The Morgan fingerprint density at radius 1 is 1.39 bits per heavy atom. The maximum absolute atomic E-state index is 11.9. The molecule has 0 radical (unpaired) electrons. The first-order chi connectivity index (χ1) is 8.58. The second-order valence-corrected chi connectivity index (χ2v) is 5.79. The number of hydrogen-bond acceptors (Lipinski definition) is 1. The minimum absolute atomic E-state index is 0.00361. The lowest BCUT2D eigenvalue weighted by atomic mass is 9.99. The molecule has 100 valence electrons. The molecule has 0 spiro atoms. The number of nitrogens with one attached hydrogen (secondary N) is 1. The molecule has 1 atom stereocenters. The van der Waals surface area contributed by atoms with Crippen LogP contribution in [0.5, 0.6) is 0 Å². The summed E-state index contributed by atoms with van der Waals surface area (Å²) in [5.74, 6) is 0.377. The number of hydrogen-bond donors (Lipinski definition) is 1. The highest BCUT2D eigenvalue weighted by atomic mass is 79.9. The molecule has 1 aromatic carbocycles. The van der Waals surface area contributed by atoms with Crippen LogP contribution in [-0.4, -0.2) is 17.8 Å². The van der Waals surface area contributed by atoms with E-state index in [1.54, 1.807) is 12.1 Å². The Balaban J connectivity index is 2.51. The van der Waals surface area contributed by atoms with Crippen molar-refractivity contribution in [3.63, 3.8) is 0 Å². The van der Waals surface area contributed by atoms with Gasteiger partial charge in [-0.3, -0.25) is 4.79 Å². The van der Waals surface area contributed by atoms with Crippen LogP contribution in [0.25, 0.3) is 0 Å². The van der Waals surface area contributed by atoms with Gasteiger partial charge in [0.2, 0.25) is 0 Å². The Bertz CT molecular complexity index is 393. The Labute approximate surface area is 122 Å². The summed E-state index contributed by atoms with van der Waals surface area (Å²) in [6, 6.07) is 7.33. The molecule has 1 amide bonds. The maximum Gasteiger partial charge on any atom is 0.251 e. The Morgan fingerprint density at radius 3 is 2.61 bits per heavy atom. The van der Waals surface area contributed by atoms with Crippen LogP contribution < -0.4 is 5.32 Å². The summed E-state index contributed by atoms with van der Waals surface area (Å²) in [6.45, 7) is 4.76. The summed E-state index contributed by atoms with van der Waals surface area (Å²) >= 11 is 9.64. The second kappa shape index (κ2) is 7.80. The fourth-order valence-corrected chi connectivity index (χ4v) is 2.72. The first-order valence-electron chi connectivity index (χ1n) is 6.26. The molecule has 0 heterocycles. The number of carbonyl (C=O) groups excluding carboxylic acids is 1. The third kappa shape index (κ3) is 4.62. The van der Waals surface area contributed by atoms with E-state index in [4.69, 9.17) is 11.6 Å². The molecule has 1 rings (SSSR count). The van der Waals surface area contributed by atoms with Crippen molar-refractivity contribution < 1.29 is 4.79 Å². The topological polar surface area (TPSA) is 29.1 Å². The van der Waals surface area contributed by atoms with E-state index < -0.39 is 0 Å². The van der Waals surface area contributed by atoms with Gasteiger partial charge in [-0.25, -0.2) is 0 Å². The average molecular weight is 333 g/mol. The van der Waals surface area contributed by atoms with E-state index >= 15 is 0 Å². The molecule has 0 saturated heterocycles. The van der Waals surface area contributed by atoms with Crippen molar-refractivity contribution in [2.24, 2.45) is 5.92 Å². The maximum atomic E-state index is 11.9. The quantitative estimate of drug-likeness (QED) is 0.776. The van der Waals surface area contributed by atoms with Crippen molar-refractivity contribution in [1.82, 2.24) is 5.32 Å². The van der Waals surface area contributed by atoms with E-state index in [0.29, 0.717) is 18.0 Å². The highest BCUT2D eigenvalue weighted by Crippen LogP contribution is 2.18. The minimum Gasteiger partial charge on any atom is -0.351 e. The molecule has 0 aliphatic carbocycles. The summed E-state index contributed by atoms with van der Waals surface area (Å²) in [4.78, 5) is 11.9. The first kappa shape index (κ1) is 15.5. The molecule has 18 heavy (non-hydrogen) atoms. The zero-order chi connectivity index (χ0) is 13.5. The smallest absolute Gasteiger partial charge is 0.251 e. The molecule has 0 fully saturated rings. The van der Waals surface area contributed by atoms with Crippen LogP contribution in [0.2, 0.25) is 0 Å². The van der Waals surface area contributed by atoms with E-state index in [0.717, 1.165) is 17.3 Å². The normalized spacial score (nSPS) is 12.5. The van der Waals surface area contributed by atoms with Gasteiger partial charge in [-0.2, -0.15) is 0 Å². The summed E-state index contributed by atoms with van der Waals surface area (Å²) < 4.78 is 0.901. The van der Waals surface area contributed by atoms with Crippen molar-refractivity contribution >= 4 is 33.4 Å². The molecule has 0 saturated carbocycles. The molecule has 0 bridgehead atoms. The van der Waals surface area contributed by atoms with Crippen molar-refractivity contribution in [2.75, 3.05) is 6.54 Å². The van der Waals surface area contributed by atoms with Crippen LogP contribution in [0.3, 0.4) is 0 Å². The molecule has 2 nitrogen and oxygen atoms in total. The standard InChI is InChI=1S/C14H19BrClNO/c1-3-10(4-2)13(16)9-17-14(18)11-6-5-7-12(15)8-11/h5-8,10,13H,3-4,9H2,1-2H3,(H,17,18). The van der Waals surface area contributed by atoms with Gasteiger partial charge in [-0.15, -0.1) is 11.6 Å². The number of carbonyl (C=O) groups is 1. The molecule has 1 N–H and O–H groups in total. The molecular formula is C14H19BrClNO. The van der Waals surface area contributed by atoms with Gasteiger partial charge in [0.05, 0.1) is 5.38 Å². The molecule has 1 aromatic rings. The van der Waals surface area contributed by atoms with Gasteiger partial charge >= 0.3 is 0 Å². The van der Waals surface area contributed by atoms with E-state index in [2.05, 4.69) is 35.1 Å². The number of rotatable bonds is 6. The van der Waals surface area contributed by atoms with E-state index in [9.17, 15) is 4.79 Å². The van der Waals surface area contributed by atoms with Crippen LogP contribution in [0, 0.1) is 5.92 Å². The molecular weight excluding hydrogens is 314 g/mol. The van der Waals surface area contributed by atoms with Crippen LogP contribution in [0.1, 0.15) is 37.0 Å². The number of benzene rings is 1. The third-order valence-electron chi connectivity index (χ3n) is 3.10. The summed E-state index contributed by atoms with van der Waals surface area (Å²) in [5.41, 5.74) is 0.651.